The first-order valence-electron chi connectivity index (χ1n) is 11.2. The number of benzene rings is 2. The summed E-state index contributed by atoms with van der Waals surface area (Å²) < 4.78 is 13.1. The summed E-state index contributed by atoms with van der Waals surface area (Å²) in [5.74, 6) is 0.169. The normalized spacial score (nSPS) is 14.8. The van der Waals surface area contributed by atoms with E-state index in [9.17, 15) is 14.0 Å². The van der Waals surface area contributed by atoms with Crippen LogP contribution >= 0.6 is 35.0 Å². The van der Waals surface area contributed by atoms with Gasteiger partial charge in [-0.2, -0.15) is 0 Å². The van der Waals surface area contributed by atoms with Crippen molar-refractivity contribution in [1.82, 2.24) is 10.2 Å². The summed E-state index contributed by atoms with van der Waals surface area (Å²) in [6.07, 6.45) is 4.65. The first-order chi connectivity index (χ1) is 15.9. The number of nitrogens with zero attached hydrogens (tertiary/aromatic N) is 1. The summed E-state index contributed by atoms with van der Waals surface area (Å²) in [7, 11) is 0. The topological polar surface area (TPSA) is 49.4 Å². The summed E-state index contributed by atoms with van der Waals surface area (Å²) >= 11 is 14.2. The molecule has 0 saturated heterocycles. The van der Waals surface area contributed by atoms with Gasteiger partial charge >= 0.3 is 0 Å². The Labute approximate surface area is 209 Å². The van der Waals surface area contributed by atoms with E-state index in [1.807, 2.05) is 6.92 Å². The molecule has 1 aliphatic carbocycles. The van der Waals surface area contributed by atoms with Gasteiger partial charge in [-0.1, -0.05) is 61.2 Å². The molecule has 1 fully saturated rings. The molecule has 2 aromatic carbocycles. The van der Waals surface area contributed by atoms with Crippen molar-refractivity contribution in [3.63, 3.8) is 0 Å². The largest absolute Gasteiger partial charge is 0.352 e. The third-order valence-corrected chi connectivity index (χ3v) is 7.58. The number of carbonyl (C=O) groups excluding carboxylic acids is 2. The molecule has 0 bridgehead atoms. The fraction of sp³-hybridized carbons (Fsp3) is 0.440. The van der Waals surface area contributed by atoms with Crippen molar-refractivity contribution in [3.8, 4) is 0 Å². The van der Waals surface area contributed by atoms with Gasteiger partial charge in [0.15, 0.2) is 0 Å². The highest BCUT2D eigenvalue weighted by Gasteiger charge is 2.31. The minimum Gasteiger partial charge on any atom is -0.352 e. The third kappa shape index (κ3) is 7.36. The molecular formula is C25H29Cl2FN2O2S. The molecule has 0 unspecified atom stereocenters. The van der Waals surface area contributed by atoms with Crippen molar-refractivity contribution in [3.05, 3.63) is 69.5 Å². The number of thioether (sulfide) groups is 1. The molecule has 0 spiro atoms. The maximum atomic E-state index is 13.3. The Morgan fingerprint density at radius 1 is 1.12 bits per heavy atom. The molecule has 178 valence electrons. The Morgan fingerprint density at radius 3 is 2.36 bits per heavy atom. The first kappa shape index (κ1) is 25.9. The van der Waals surface area contributed by atoms with Crippen molar-refractivity contribution in [1.29, 1.82) is 0 Å². The molecule has 0 radical (unpaired) electrons. The second-order valence-corrected chi connectivity index (χ2v) is 10.1. The van der Waals surface area contributed by atoms with Crippen LogP contribution in [0.3, 0.4) is 0 Å². The summed E-state index contributed by atoms with van der Waals surface area (Å²) in [4.78, 5) is 28.1. The van der Waals surface area contributed by atoms with Crippen LogP contribution in [0.5, 0.6) is 0 Å². The summed E-state index contributed by atoms with van der Waals surface area (Å²) in [5.41, 5.74) is 1.56. The van der Waals surface area contributed by atoms with E-state index in [4.69, 9.17) is 23.2 Å². The average molecular weight is 511 g/mol. The van der Waals surface area contributed by atoms with E-state index in [1.54, 1.807) is 35.2 Å². The zero-order valence-corrected chi connectivity index (χ0v) is 21.0. The van der Waals surface area contributed by atoms with Crippen LogP contribution in [0.15, 0.2) is 42.5 Å². The second kappa shape index (κ2) is 12.6. The first-order valence-corrected chi connectivity index (χ1v) is 13.1. The standard InChI is InChI=1S/C25H29Cl2FN2O2S/c1-2-23(25(32)29-19-6-3-4-7-19)30(14-20-21(26)8-5-9-22(20)27)24(31)16-33-15-17-10-12-18(28)13-11-17/h5,8-13,19,23H,2-4,6-7,14-16H2,1H3,(H,29,32)/t23-/m0/s1. The van der Waals surface area contributed by atoms with Crippen LogP contribution in [0.25, 0.3) is 0 Å². The third-order valence-electron chi connectivity index (χ3n) is 5.89. The van der Waals surface area contributed by atoms with E-state index < -0.39 is 6.04 Å². The summed E-state index contributed by atoms with van der Waals surface area (Å²) in [6, 6.07) is 11.0. The molecule has 0 aromatic heterocycles. The number of hydrogen-bond acceptors (Lipinski definition) is 3. The predicted molar refractivity (Wildman–Crippen MR) is 134 cm³/mol. The summed E-state index contributed by atoms with van der Waals surface area (Å²) in [5, 5.41) is 4.05. The minimum absolute atomic E-state index is 0.135. The highest BCUT2D eigenvalue weighted by Crippen LogP contribution is 2.28. The van der Waals surface area contributed by atoms with Gasteiger partial charge in [-0.3, -0.25) is 9.59 Å². The lowest BCUT2D eigenvalue weighted by molar-refractivity contribution is -0.139. The van der Waals surface area contributed by atoms with Crippen molar-refractivity contribution in [2.24, 2.45) is 0 Å². The van der Waals surface area contributed by atoms with Crippen LogP contribution in [0.2, 0.25) is 10.0 Å². The number of carbonyl (C=O) groups is 2. The molecule has 1 aliphatic rings. The van der Waals surface area contributed by atoms with Gasteiger partial charge in [0.2, 0.25) is 11.8 Å². The van der Waals surface area contributed by atoms with Gasteiger partial charge in [0.1, 0.15) is 11.9 Å². The molecule has 0 heterocycles. The maximum Gasteiger partial charge on any atom is 0.243 e. The lowest BCUT2D eigenvalue weighted by atomic mass is 10.1. The minimum atomic E-state index is -0.614. The number of amides is 2. The fourth-order valence-corrected chi connectivity index (χ4v) is 5.45. The van der Waals surface area contributed by atoms with Crippen molar-refractivity contribution >= 4 is 46.8 Å². The van der Waals surface area contributed by atoms with Gasteiger partial charge in [-0.15, -0.1) is 11.8 Å². The average Bonchev–Trinajstić information content (AvgIpc) is 3.30. The highest BCUT2D eigenvalue weighted by molar-refractivity contribution is 7.99. The predicted octanol–water partition coefficient (Wildman–Crippen LogP) is 6.23. The van der Waals surface area contributed by atoms with Gasteiger partial charge < -0.3 is 10.2 Å². The molecule has 2 aromatic rings. The zero-order chi connectivity index (χ0) is 23.8. The van der Waals surface area contributed by atoms with E-state index in [0.717, 1.165) is 31.2 Å². The van der Waals surface area contributed by atoms with Crippen LogP contribution in [0.1, 0.15) is 50.2 Å². The zero-order valence-electron chi connectivity index (χ0n) is 18.7. The molecule has 1 N–H and O–H groups in total. The van der Waals surface area contributed by atoms with Gasteiger partial charge in [-0.25, -0.2) is 4.39 Å². The van der Waals surface area contributed by atoms with E-state index in [0.29, 0.717) is 27.8 Å². The van der Waals surface area contributed by atoms with Crippen LogP contribution in [-0.4, -0.2) is 34.6 Å². The Hall–Kier alpha value is -1.76. The van der Waals surface area contributed by atoms with Gasteiger partial charge in [0, 0.05) is 33.9 Å². The molecule has 4 nitrogen and oxygen atoms in total. The maximum absolute atomic E-state index is 13.3. The van der Waals surface area contributed by atoms with E-state index in [-0.39, 0.29) is 36.0 Å². The van der Waals surface area contributed by atoms with Gasteiger partial charge in [0.05, 0.1) is 5.75 Å². The molecule has 1 atom stereocenters. The second-order valence-electron chi connectivity index (χ2n) is 8.26. The molecule has 8 heteroatoms. The van der Waals surface area contributed by atoms with Gasteiger partial charge in [0.25, 0.3) is 0 Å². The SMILES string of the molecule is CC[C@@H](C(=O)NC1CCCC1)N(Cc1c(Cl)cccc1Cl)C(=O)CSCc1ccc(F)cc1. The smallest absolute Gasteiger partial charge is 0.243 e. The lowest BCUT2D eigenvalue weighted by Gasteiger charge is -2.32. The van der Waals surface area contributed by atoms with E-state index in [2.05, 4.69) is 5.32 Å². The molecule has 0 aliphatic heterocycles. The van der Waals surface area contributed by atoms with Crippen LogP contribution in [0.4, 0.5) is 4.39 Å². The Balaban J connectivity index is 1.74. The van der Waals surface area contributed by atoms with Crippen LogP contribution < -0.4 is 5.32 Å². The Bertz CT molecular complexity index is 932. The molecule has 33 heavy (non-hydrogen) atoms. The van der Waals surface area contributed by atoms with Crippen LogP contribution in [0, 0.1) is 5.82 Å². The number of hydrogen-bond donors (Lipinski definition) is 1. The molecule has 3 rings (SSSR count). The van der Waals surface area contributed by atoms with E-state index in [1.165, 1.54) is 23.9 Å². The fourth-order valence-electron chi connectivity index (χ4n) is 4.06. The lowest BCUT2D eigenvalue weighted by Crippen LogP contribution is -2.51. The monoisotopic (exact) mass is 510 g/mol. The number of rotatable bonds is 10. The van der Waals surface area contributed by atoms with Crippen molar-refractivity contribution < 1.29 is 14.0 Å². The van der Waals surface area contributed by atoms with Crippen molar-refractivity contribution in [2.75, 3.05) is 5.75 Å². The molecule has 1 saturated carbocycles. The number of nitrogens with one attached hydrogen (secondary N) is 1. The van der Waals surface area contributed by atoms with Crippen molar-refractivity contribution in [2.45, 2.75) is 63.4 Å². The molecular weight excluding hydrogens is 482 g/mol. The number of halogens is 3. The van der Waals surface area contributed by atoms with Crippen LogP contribution in [-0.2, 0) is 21.9 Å². The molecule has 2 amide bonds. The Kier molecular flexibility index (Phi) is 9.90. The Morgan fingerprint density at radius 2 is 1.76 bits per heavy atom. The quantitative estimate of drug-likeness (QED) is 0.411. The summed E-state index contributed by atoms with van der Waals surface area (Å²) in [6.45, 7) is 2.06. The van der Waals surface area contributed by atoms with E-state index >= 15 is 0 Å². The highest BCUT2D eigenvalue weighted by atomic mass is 35.5. The van der Waals surface area contributed by atoms with Gasteiger partial charge in [-0.05, 0) is 49.1 Å².